The van der Waals surface area contributed by atoms with Crippen LogP contribution in [0.5, 0.6) is 11.5 Å². The van der Waals surface area contributed by atoms with Crippen LogP contribution in [0.15, 0.2) is 63.1 Å². The summed E-state index contributed by atoms with van der Waals surface area (Å²) in [5, 5.41) is 6.51. The second-order valence-corrected chi connectivity index (χ2v) is 6.57. The molecule has 0 amide bonds. The highest BCUT2D eigenvalue weighted by Crippen LogP contribution is 2.33. The van der Waals surface area contributed by atoms with Crippen molar-refractivity contribution >= 4 is 33.1 Å². The van der Waals surface area contributed by atoms with Gasteiger partial charge in [0.2, 0.25) is 0 Å². The van der Waals surface area contributed by atoms with Gasteiger partial charge in [0.15, 0.2) is 5.13 Å². The molecule has 0 aliphatic heterocycles. The molecule has 2 aromatic carbocycles. The van der Waals surface area contributed by atoms with E-state index in [0.29, 0.717) is 33.5 Å². The molecule has 0 aliphatic carbocycles. The van der Waals surface area contributed by atoms with E-state index in [0.717, 1.165) is 11.1 Å². The normalized spacial score (nSPS) is 10.7. The number of methoxy groups -OCH3 is 2. The molecule has 4 rings (SSSR count). The van der Waals surface area contributed by atoms with Gasteiger partial charge < -0.3 is 19.2 Å². The minimum Gasteiger partial charge on any atom is -0.497 e. The van der Waals surface area contributed by atoms with Crippen LogP contribution in [0, 0.1) is 0 Å². The number of aromatic nitrogens is 1. The van der Waals surface area contributed by atoms with E-state index in [1.165, 1.54) is 11.3 Å². The molecule has 0 saturated carbocycles. The van der Waals surface area contributed by atoms with Crippen molar-refractivity contribution in [1.82, 2.24) is 4.98 Å². The highest BCUT2D eigenvalue weighted by atomic mass is 32.1. The van der Waals surface area contributed by atoms with E-state index >= 15 is 0 Å². The lowest BCUT2D eigenvalue weighted by Crippen LogP contribution is -2.03. The van der Waals surface area contributed by atoms with E-state index in [9.17, 15) is 4.79 Å². The van der Waals surface area contributed by atoms with Crippen molar-refractivity contribution in [2.45, 2.75) is 0 Å². The van der Waals surface area contributed by atoms with Crippen molar-refractivity contribution in [3.8, 4) is 22.8 Å². The molecule has 2 aromatic heterocycles. The number of ether oxygens (including phenoxy) is 2. The van der Waals surface area contributed by atoms with Gasteiger partial charge in [-0.3, -0.25) is 0 Å². The van der Waals surface area contributed by atoms with Crippen LogP contribution in [-0.2, 0) is 0 Å². The van der Waals surface area contributed by atoms with Gasteiger partial charge in [-0.1, -0.05) is 18.2 Å². The second-order valence-electron chi connectivity index (χ2n) is 5.71. The van der Waals surface area contributed by atoms with Gasteiger partial charge in [-0.15, -0.1) is 11.3 Å². The van der Waals surface area contributed by atoms with E-state index in [4.69, 9.17) is 13.9 Å². The van der Waals surface area contributed by atoms with E-state index in [1.807, 2.05) is 41.8 Å². The molecule has 0 fully saturated rings. The first-order valence-corrected chi connectivity index (χ1v) is 9.04. The number of thiazole rings is 1. The molecule has 0 aliphatic rings. The van der Waals surface area contributed by atoms with Gasteiger partial charge in [-0.2, -0.15) is 0 Å². The molecule has 0 radical (unpaired) electrons. The van der Waals surface area contributed by atoms with Crippen LogP contribution in [0.3, 0.4) is 0 Å². The first kappa shape index (κ1) is 17.1. The first-order valence-electron chi connectivity index (χ1n) is 8.16. The topological polar surface area (TPSA) is 73.6 Å². The summed E-state index contributed by atoms with van der Waals surface area (Å²) in [5.74, 6) is 1.36. The minimum atomic E-state index is -0.412. The predicted molar refractivity (Wildman–Crippen MR) is 106 cm³/mol. The van der Waals surface area contributed by atoms with Gasteiger partial charge >= 0.3 is 5.63 Å². The van der Waals surface area contributed by atoms with Gasteiger partial charge in [0.1, 0.15) is 17.1 Å². The average Bonchev–Trinajstić information content (AvgIpc) is 3.15. The Kier molecular flexibility index (Phi) is 4.52. The van der Waals surface area contributed by atoms with Crippen LogP contribution in [0.4, 0.5) is 10.8 Å². The standard InChI is InChI=1S/C20H16N2O4S/c1-24-13-7-8-18(25-2)15(10-13)21-20-22-16(11-27-20)14-9-12-5-3-4-6-17(12)26-19(14)23/h3-11H,1-2H3,(H,21,22). The Morgan fingerprint density at radius 1 is 1.07 bits per heavy atom. The van der Waals surface area contributed by atoms with Crippen molar-refractivity contribution in [1.29, 1.82) is 0 Å². The maximum Gasteiger partial charge on any atom is 0.345 e. The van der Waals surface area contributed by atoms with Crippen LogP contribution >= 0.6 is 11.3 Å². The first-order chi connectivity index (χ1) is 13.2. The molecule has 0 saturated heterocycles. The Morgan fingerprint density at radius 3 is 2.74 bits per heavy atom. The van der Waals surface area contributed by atoms with Gasteiger partial charge in [-0.25, -0.2) is 9.78 Å². The fraction of sp³-hybridized carbons (Fsp3) is 0.100. The Morgan fingerprint density at radius 2 is 1.93 bits per heavy atom. The zero-order chi connectivity index (χ0) is 18.8. The maximum absolute atomic E-state index is 12.3. The molecule has 7 heteroatoms. The molecular formula is C20H16N2O4S. The number of benzene rings is 2. The van der Waals surface area contributed by atoms with Crippen LogP contribution in [-0.4, -0.2) is 19.2 Å². The largest absolute Gasteiger partial charge is 0.497 e. The van der Waals surface area contributed by atoms with Crippen molar-refractivity contribution in [3.63, 3.8) is 0 Å². The molecule has 27 heavy (non-hydrogen) atoms. The number of nitrogens with one attached hydrogen (secondary N) is 1. The fourth-order valence-corrected chi connectivity index (χ4v) is 3.45. The Labute approximate surface area is 159 Å². The van der Waals surface area contributed by atoms with Crippen molar-refractivity contribution in [3.05, 3.63) is 64.3 Å². The van der Waals surface area contributed by atoms with E-state index < -0.39 is 5.63 Å². The molecule has 0 atom stereocenters. The number of nitrogens with zero attached hydrogens (tertiary/aromatic N) is 1. The van der Waals surface area contributed by atoms with E-state index in [-0.39, 0.29) is 0 Å². The van der Waals surface area contributed by atoms with Crippen LogP contribution < -0.4 is 20.4 Å². The SMILES string of the molecule is COc1ccc(OC)c(Nc2nc(-c3cc4ccccc4oc3=O)cs2)c1. The highest BCUT2D eigenvalue weighted by molar-refractivity contribution is 7.14. The second kappa shape index (κ2) is 7.13. The van der Waals surface area contributed by atoms with Crippen LogP contribution in [0.2, 0.25) is 0 Å². The molecule has 2 heterocycles. The number of hydrogen-bond donors (Lipinski definition) is 1. The summed E-state index contributed by atoms with van der Waals surface area (Å²) < 4.78 is 16.0. The maximum atomic E-state index is 12.3. The fourth-order valence-electron chi connectivity index (χ4n) is 2.72. The van der Waals surface area contributed by atoms with Crippen LogP contribution in [0.25, 0.3) is 22.2 Å². The summed E-state index contributed by atoms with van der Waals surface area (Å²) >= 11 is 1.39. The Balaban J connectivity index is 1.69. The quantitative estimate of drug-likeness (QED) is 0.507. The summed E-state index contributed by atoms with van der Waals surface area (Å²) in [6, 6.07) is 14.6. The minimum absolute atomic E-state index is 0.412. The van der Waals surface area contributed by atoms with Gasteiger partial charge in [-0.05, 0) is 24.3 Å². The van der Waals surface area contributed by atoms with Gasteiger partial charge in [0, 0.05) is 16.8 Å². The smallest absolute Gasteiger partial charge is 0.345 e. The number of rotatable bonds is 5. The van der Waals surface area contributed by atoms with Crippen molar-refractivity contribution in [2.24, 2.45) is 0 Å². The number of hydrogen-bond acceptors (Lipinski definition) is 7. The van der Waals surface area contributed by atoms with Crippen molar-refractivity contribution in [2.75, 3.05) is 19.5 Å². The third-order valence-corrected chi connectivity index (χ3v) is 4.83. The number of fused-ring (bicyclic) bond motifs is 1. The molecule has 6 nitrogen and oxygen atoms in total. The third kappa shape index (κ3) is 3.37. The number of anilines is 2. The molecule has 0 spiro atoms. The lowest BCUT2D eigenvalue weighted by molar-refractivity contribution is 0.405. The summed E-state index contributed by atoms with van der Waals surface area (Å²) in [6.45, 7) is 0. The van der Waals surface area contributed by atoms with E-state index in [2.05, 4.69) is 10.3 Å². The summed E-state index contributed by atoms with van der Waals surface area (Å²) in [4.78, 5) is 16.9. The zero-order valence-corrected chi connectivity index (χ0v) is 15.5. The summed E-state index contributed by atoms with van der Waals surface area (Å²) in [6.07, 6.45) is 0. The van der Waals surface area contributed by atoms with E-state index in [1.54, 1.807) is 26.4 Å². The Hall–Kier alpha value is -3.32. The number of para-hydroxylation sites is 1. The molecule has 136 valence electrons. The highest BCUT2D eigenvalue weighted by Gasteiger charge is 2.13. The van der Waals surface area contributed by atoms with Gasteiger partial charge in [0.25, 0.3) is 0 Å². The molecule has 0 unspecified atom stereocenters. The monoisotopic (exact) mass is 380 g/mol. The van der Waals surface area contributed by atoms with Gasteiger partial charge in [0.05, 0.1) is 31.2 Å². The predicted octanol–water partition coefficient (Wildman–Crippen LogP) is 4.68. The third-order valence-electron chi connectivity index (χ3n) is 4.07. The molecule has 4 aromatic rings. The lowest BCUT2D eigenvalue weighted by atomic mass is 10.1. The average molecular weight is 380 g/mol. The van der Waals surface area contributed by atoms with Crippen molar-refractivity contribution < 1.29 is 13.9 Å². The molecular weight excluding hydrogens is 364 g/mol. The lowest BCUT2D eigenvalue weighted by Gasteiger charge is -2.10. The summed E-state index contributed by atoms with van der Waals surface area (Å²) in [7, 11) is 3.20. The zero-order valence-electron chi connectivity index (χ0n) is 14.7. The van der Waals surface area contributed by atoms with Crippen LogP contribution in [0.1, 0.15) is 0 Å². The summed E-state index contributed by atoms with van der Waals surface area (Å²) in [5.41, 5.74) is 1.85. The Bertz CT molecular complexity index is 1170. The molecule has 1 N–H and O–H groups in total. The molecule has 0 bridgehead atoms.